The van der Waals surface area contributed by atoms with Crippen LogP contribution < -0.4 is 10.5 Å². The molecule has 1 aliphatic heterocycles. The van der Waals surface area contributed by atoms with Crippen molar-refractivity contribution in [3.63, 3.8) is 0 Å². The number of para-hydroxylation sites is 1. The Labute approximate surface area is 121 Å². The molecule has 4 heteroatoms. The fourth-order valence-corrected chi connectivity index (χ4v) is 2.63. The maximum absolute atomic E-state index is 6.43. The van der Waals surface area contributed by atoms with Crippen molar-refractivity contribution in [1.82, 2.24) is 4.90 Å². The molecule has 1 saturated heterocycles. The van der Waals surface area contributed by atoms with Crippen molar-refractivity contribution in [2.24, 2.45) is 5.73 Å². The van der Waals surface area contributed by atoms with Gasteiger partial charge in [-0.05, 0) is 26.8 Å². The van der Waals surface area contributed by atoms with Gasteiger partial charge in [0.2, 0.25) is 0 Å². The fraction of sp³-hybridized carbons (Fsp3) is 0.625. The van der Waals surface area contributed by atoms with Gasteiger partial charge in [-0.15, -0.1) is 0 Å². The average Bonchev–Trinajstić information content (AvgIpc) is 2.47. The molecule has 1 heterocycles. The summed E-state index contributed by atoms with van der Waals surface area (Å²) in [6.07, 6.45) is 0.0211. The van der Waals surface area contributed by atoms with E-state index in [9.17, 15) is 0 Å². The van der Waals surface area contributed by atoms with Gasteiger partial charge in [-0.3, -0.25) is 4.90 Å². The third-order valence-electron chi connectivity index (χ3n) is 3.83. The molecular weight excluding hydrogens is 252 g/mol. The number of nitrogens with two attached hydrogens (primary N) is 1. The topological polar surface area (TPSA) is 47.7 Å². The maximum atomic E-state index is 6.43. The second-order valence-corrected chi connectivity index (χ2v) is 5.49. The largest absolute Gasteiger partial charge is 0.494 e. The zero-order chi connectivity index (χ0) is 14.5. The predicted octanol–water partition coefficient (Wildman–Crippen LogP) is 2.19. The Morgan fingerprint density at radius 1 is 1.40 bits per heavy atom. The molecule has 20 heavy (non-hydrogen) atoms. The summed E-state index contributed by atoms with van der Waals surface area (Å²) < 4.78 is 11.6. The number of rotatable bonds is 5. The molecule has 0 spiro atoms. The molecule has 1 fully saturated rings. The Kier molecular flexibility index (Phi) is 5.40. The van der Waals surface area contributed by atoms with Crippen molar-refractivity contribution in [3.05, 3.63) is 29.8 Å². The molecule has 2 atom stereocenters. The Morgan fingerprint density at radius 3 is 2.85 bits per heavy atom. The van der Waals surface area contributed by atoms with E-state index in [1.165, 1.54) is 0 Å². The Hall–Kier alpha value is -1.10. The molecule has 1 aliphatic rings. The van der Waals surface area contributed by atoms with Crippen LogP contribution in [0.2, 0.25) is 0 Å². The molecule has 1 aromatic carbocycles. The Balaban J connectivity index is 2.12. The molecule has 1 aromatic rings. The first-order valence-electron chi connectivity index (χ1n) is 7.46. The van der Waals surface area contributed by atoms with Gasteiger partial charge in [0.25, 0.3) is 0 Å². The highest BCUT2D eigenvalue weighted by Crippen LogP contribution is 2.28. The Morgan fingerprint density at radius 2 is 2.15 bits per heavy atom. The van der Waals surface area contributed by atoms with Crippen LogP contribution in [0.3, 0.4) is 0 Å². The second-order valence-electron chi connectivity index (χ2n) is 5.49. The summed E-state index contributed by atoms with van der Waals surface area (Å²) >= 11 is 0. The van der Waals surface area contributed by atoms with Crippen molar-refractivity contribution in [1.29, 1.82) is 0 Å². The molecule has 2 unspecified atom stereocenters. The molecule has 0 aromatic heterocycles. The van der Waals surface area contributed by atoms with Crippen LogP contribution in [0.25, 0.3) is 0 Å². The summed E-state index contributed by atoms with van der Waals surface area (Å²) in [5.41, 5.74) is 7.46. The van der Waals surface area contributed by atoms with E-state index in [0.717, 1.165) is 31.0 Å². The first-order chi connectivity index (χ1) is 9.63. The maximum Gasteiger partial charge on any atom is 0.124 e. The van der Waals surface area contributed by atoms with Crippen molar-refractivity contribution in [2.45, 2.75) is 39.0 Å². The highest BCUT2D eigenvalue weighted by Gasteiger charge is 2.29. The number of hydrogen-bond donors (Lipinski definition) is 1. The number of hydrogen-bond acceptors (Lipinski definition) is 4. The van der Waals surface area contributed by atoms with Crippen LogP contribution >= 0.6 is 0 Å². The van der Waals surface area contributed by atoms with Gasteiger partial charge >= 0.3 is 0 Å². The van der Waals surface area contributed by atoms with Gasteiger partial charge < -0.3 is 15.2 Å². The van der Waals surface area contributed by atoms with E-state index in [-0.39, 0.29) is 12.1 Å². The minimum Gasteiger partial charge on any atom is -0.494 e. The molecule has 0 amide bonds. The van der Waals surface area contributed by atoms with Crippen LogP contribution in [0.4, 0.5) is 0 Å². The van der Waals surface area contributed by atoms with E-state index in [2.05, 4.69) is 18.7 Å². The highest BCUT2D eigenvalue weighted by molar-refractivity contribution is 5.36. The third kappa shape index (κ3) is 3.51. The minimum atomic E-state index is -0.153. The molecule has 0 bridgehead atoms. The summed E-state index contributed by atoms with van der Waals surface area (Å²) in [5, 5.41) is 0. The molecular formula is C16H26N2O2. The van der Waals surface area contributed by atoms with Crippen LogP contribution in [0.5, 0.6) is 5.75 Å². The monoisotopic (exact) mass is 278 g/mol. The fourth-order valence-electron chi connectivity index (χ4n) is 2.63. The molecule has 2 N–H and O–H groups in total. The van der Waals surface area contributed by atoms with Gasteiger partial charge in [0.05, 0.1) is 25.4 Å². The quantitative estimate of drug-likeness (QED) is 0.897. The van der Waals surface area contributed by atoms with E-state index < -0.39 is 0 Å². The molecule has 0 saturated carbocycles. The zero-order valence-corrected chi connectivity index (χ0v) is 12.7. The van der Waals surface area contributed by atoms with E-state index in [1.807, 2.05) is 31.2 Å². The highest BCUT2D eigenvalue weighted by atomic mass is 16.5. The summed E-state index contributed by atoms with van der Waals surface area (Å²) in [6.45, 7) is 9.65. The van der Waals surface area contributed by atoms with Gasteiger partial charge in [0, 0.05) is 24.7 Å². The standard InChI is InChI=1S/C16H26N2O2/c1-4-19-14-8-6-5-7-13(14)16(17)15-11-18(12(2)3)9-10-20-15/h5-8,12,15-16H,4,9-11,17H2,1-3H3. The van der Waals surface area contributed by atoms with E-state index in [1.54, 1.807) is 0 Å². The smallest absolute Gasteiger partial charge is 0.124 e. The van der Waals surface area contributed by atoms with Crippen molar-refractivity contribution >= 4 is 0 Å². The Bertz CT molecular complexity index is 423. The molecule has 0 radical (unpaired) electrons. The van der Waals surface area contributed by atoms with Gasteiger partial charge in [-0.25, -0.2) is 0 Å². The lowest BCUT2D eigenvalue weighted by atomic mass is 9.99. The lowest BCUT2D eigenvalue weighted by molar-refractivity contribution is -0.0505. The van der Waals surface area contributed by atoms with Crippen LogP contribution in [-0.2, 0) is 4.74 Å². The van der Waals surface area contributed by atoms with E-state index >= 15 is 0 Å². The van der Waals surface area contributed by atoms with Crippen LogP contribution in [-0.4, -0.2) is 43.3 Å². The number of nitrogens with zero attached hydrogens (tertiary/aromatic N) is 1. The second kappa shape index (κ2) is 7.07. The van der Waals surface area contributed by atoms with Gasteiger partial charge in [-0.2, -0.15) is 0 Å². The molecule has 112 valence electrons. The minimum absolute atomic E-state index is 0.0211. The summed E-state index contributed by atoms with van der Waals surface area (Å²) in [6, 6.07) is 8.36. The first-order valence-corrected chi connectivity index (χ1v) is 7.46. The van der Waals surface area contributed by atoms with E-state index in [0.29, 0.717) is 12.6 Å². The van der Waals surface area contributed by atoms with Crippen LogP contribution in [0.15, 0.2) is 24.3 Å². The average molecular weight is 278 g/mol. The molecule has 0 aliphatic carbocycles. The summed E-state index contributed by atoms with van der Waals surface area (Å²) in [5.74, 6) is 0.868. The lowest BCUT2D eigenvalue weighted by Crippen LogP contribution is -2.49. The SMILES string of the molecule is CCOc1ccccc1C(N)C1CN(C(C)C)CCO1. The van der Waals surface area contributed by atoms with Gasteiger partial charge in [-0.1, -0.05) is 18.2 Å². The molecule has 2 rings (SSSR count). The van der Waals surface area contributed by atoms with Crippen LogP contribution in [0.1, 0.15) is 32.4 Å². The molecule has 4 nitrogen and oxygen atoms in total. The first kappa shape index (κ1) is 15.3. The normalized spacial score (nSPS) is 21.9. The number of morpholine rings is 1. The van der Waals surface area contributed by atoms with Gasteiger partial charge in [0.1, 0.15) is 5.75 Å². The zero-order valence-electron chi connectivity index (χ0n) is 12.7. The van der Waals surface area contributed by atoms with Crippen molar-refractivity contribution in [2.75, 3.05) is 26.3 Å². The van der Waals surface area contributed by atoms with Crippen LogP contribution in [0, 0.1) is 0 Å². The summed E-state index contributed by atoms with van der Waals surface area (Å²) in [7, 11) is 0. The number of ether oxygens (including phenoxy) is 2. The predicted molar refractivity (Wildman–Crippen MR) is 81.0 cm³/mol. The number of benzene rings is 1. The van der Waals surface area contributed by atoms with Gasteiger partial charge in [0.15, 0.2) is 0 Å². The lowest BCUT2D eigenvalue weighted by Gasteiger charge is -2.38. The van der Waals surface area contributed by atoms with Crippen molar-refractivity contribution in [3.8, 4) is 5.75 Å². The van der Waals surface area contributed by atoms with Crippen molar-refractivity contribution < 1.29 is 9.47 Å². The third-order valence-corrected chi connectivity index (χ3v) is 3.83. The summed E-state index contributed by atoms with van der Waals surface area (Å²) in [4.78, 5) is 2.41. The van der Waals surface area contributed by atoms with E-state index in [4.69, 9.17) is 15.2 Å².